The third kappa shape index (κ3) is 5.12. The first kappa shape index (κ1) is 16.5. The van der Waals surface area contributed by atoms with Gasteiger partial charge in [-0.15, -0.1) is 0 Å². The molecule has 1 fully saturated rings. The van der Waals surface area contributed by atoms with Gasteiger partial charge in [0.15, 0.2) is 0 Å². The lowest BCUT2D eigenvalue weighted by Crippen LogP contribution is -2.33. The largest absolute Gasteiger partial charge is 0.310 e. The van der Waals surface area contributed by atoms with E-state index < -0.39 is 0 Å². The number of likely N-dealkylation sites (tertiary alicyclic amines) is 1. The molecule has 1 aliphatic rings. The van der Waals surface area contributed by atoms with Crippen molar-refractivity contribution in [3.63, 3.8) is 0 Å². The average molecular weight is 288 g/mol. The molecule has 118 valence electrons. The summed E-state index contributed by atoms with van der Waals surface area (Å²) in [5.41, 5.74) is 2.84. The van der Waals surface area contributed by atoms with Gasteiger partial charge in [-0.3, -0.25) is 0 Å². The minimum absolute atomic E-state index is 0.621. The van der Waals surface area contributed by atoms with Crippen LogP contribution in [0.3, 0.4) is 0 Å². The van der Waals surface area contributed by atoms with Gasteiger partial charge in [0.2, 0.25) is 0 Å². The zero-order chi connectivity index (χ0) is 15.2. The molecule has 0 amide bonds. The first-order chi connectivity index (χ1) is 10.1. The summed E-state index contributed by atoms with van der Waals surface area (Å²) in [7, 11) is 0. The van der Waals surface area contributed by atoms with Gasteiger partial charge in [0.05, 0.1) is 0 Å². The van der Waals surface area contributed by atoms with Gasteiger partial charge in [-0.05, 0) is 63.2 Å². The Balaban J connectivity index is 1.80. The van der Waals surface area contributed by atoms with Crippen LogP contribution in [0.5, 0.6) is 0 Å². The number of hydrogen-bond acceptors (Lipinski definition) is 2. The first-order valence-electron chi connectivity index (χ1n) is 8.62. The Morgan fingerprint density at radius 3 is 2.38 bits per heavy atom. The van der Waals surface area contributed by atoms with Gasteiger partial charge in [-0.2, -0.15) is 0 Å². The van der Waals surface area contributed by atoms with Crippen LogP contribution in [0.4, 0.5) is 0 Å². The monoisotopic (exact) mass is 288 g/mol. The van der Waals surface area contributed by atoms with Gasteiger partial charge >= 0.3 is 0 Å². The molecular weight excluding hydrogens is 256 g/mol. The van der Waals surface area contributed by atoms with Gasteiger partial charge in [-0.25, -0.2) is 0 Å². The molecule has 2 nitrogen and oxygen atoms in total. The van der Waals surface area contributed by atoms with E-state index in [1.807, 2.05) is 0 Å². The lowest BCUT2D eigenvalue weighted by Gasteiger charge is -2.24. The second kappa shape index (κ2) is 7.95. The molecule has 1 aromatic rings. The van der Waals surface area contributed by atoms with Gasteiger partial charge in [0.1, 0.15) is 0 Å². The van der Waals surface area contributed by atoms with Crippen molar-refractivity contribution in [1.29, 1.82) is 0 Å². The summed E-state index contributed by atoms with van der Waals surface area (Å²) in [6, 6.07) is 10.5. The van der Waals surface area contributed by atoms with E-state index in [0.717, 1.165) is 6.54 Å². The van der Waals surface area contributed by atoms with Crippen LogP contribution >= 0.6 is 0 Å². The van der Waals surface area contributed by atoms with E-state index >= 15 is 0 Å². The van der Waals surface area contributed by atoms with E-state index in [1.165, 1.54) is 43.5 Å². The number of hydrogen-bond donors (Lipinski definition) is 1. The Morgan fingerprint density at radius 2 is 1.76 bits per heavy atom. The normalized spacial score (nSPS) is 21.0. The highest BCUT2D eigenvalue weighted by molar-refractivity contribution is 5.24. The lowest BCUT2D eigenvalue weighted by molar-refractivity contribution is 0.229. The van der Waals surface area contributed by atoms with Crippen molar-refractivity contribution >= 4 is 0 Å². The van der Waals surface area contributed by atoms with Crippen molar-refractivity contribution < 1.29 is 0 Å². The number of benzene rings is 1. The van der Waals surface area contributed by atoms with Crippen LogP contribution in [0.25, 0.3) is 0 Å². The summed E-state index contributed by atoms with van der Waals surface area (Å²) in [4.78, 5) is 2.61. The molecule has 1 aromatic carbocycles. The maximum atomic E-state index is 3.76. The third-order valence-electron chi connectivity index (χ3n) is 4.73. The first-order valence-corrected chi connectivity index (χ1v) is 8.62. The van der Waals surface area contributed by atoms with E-state index in [0.29, 0.717) is 18.0 Å². The summed E-state index contributed by atoms with van der Waals surface area (Å²) in [5, 5.41) is 3.76. The Morgan fingerprint density at radius 1 is 1.05 bits per heavy atom. The summed E-state index contributed by atoms with van der Waals surface area (Å²) < 4.78 is 0. The topological polar surface area (TPSA) is 15.3 Å². The third-order valence-corrected chi connectivity index (χ3v) is 4.73. The van der Waals surface area contributed by atoms with Gasteiger partial charge in [0, 0.05) is 18.6 Å². The van der Waals surface area contributed by atoms with Crippen LogP contribution in [-0.2, 0) is 6.54 Å². The molecular formula is C19H32N2. The molecule has 1 N–H and O–H groups in total. The molecule has 1 heterocycles. The lowest BCUT2D eigenvalue weighted by atomic mass is 10.0. The van der Waals surface area contributed by atoms with Gasteiger partial charge in [-0.1, -0.05) is 38.1 Å². The molecule has 0 radical (unpaired) electrons. The molecule has 21 heavy (non-hydrogen) atoms. The molecule has 0 saturated carbocycles. The van der Waals surface area contributed by atoms with Gasteiger partial charge < -0.3 is 10.2 Å². The highest BCUT2D eigenvalue weighted by atomic mass is 15.1. The van der Waals surface area contributed by atoms with Crippen LogP contribution in [0.15, 0.2) is 24.3 Å². The standard InChI is InChI=1S/C19H32N2/c1-15(2)18-9-7-17(8-10-18)14-20-19-6-5-12-21(13-11-19)16(3)4/h7-10,15-16,19-20H,5-6,11-14H2,1-4H3. The van der Waals surface area contributed by atoms with Crippen LogP contribution in [0, 0.1) is 0 Å². The van der Waals surface area contributed by atoms with Crippen molar-refractivity contribution in [2.75, 3.05) is 13.1 Å². The maximum Gasteiger partial charge on any atom is 0.0208 e. The summed E-state index contributed by atoms with van der Waals surface area (Å²) in [6.45, 7) is 12.6. The molecule has 2 rings (SSSR count). The number of nitrogens with one attached hydrogen (secondary N) is 1. The summed E-state index contributed by atoms with van der Waals surface area (Å²) >= 11 is 0. The molecule has 1 atom stereocenters. The van der Waals surface area contributed by atoms with Crippen molar-refractivity contribution in [2.45, 2.75) is 71.5 Å². The fourth-order valence-electron chi connectivity index (χ4n) is 3.12. The predicted octanol–water partition coefficient (Wildman–Crippen LogP) is 4.16. The van der Waals surface area contributed by atoms with Crippen LogP contribution in [-0.4, -0.2) is 30.1 Å². The number of nitrogens with zero attached hydrogens (tertiary/aromatic N) is 1. The molecule has 2 heteroatoms. The summed E-state index contributed by atoms with van der Waals surface area (Å²) in [5.74, 6) is 0.621. The molecule has 1 aliphatic heterocycles. The Labute approximate surface area is 130 Å². The van der Waals surface area contributed by atoms with E-state index in [4.69, 9.17) is 0 Å². The molecule has 0 spiro atoms. The Hall–Kier alpha value is -0.860. The fourth-order valence-corrected chi connectivity index (χ4v) is 3.12. The minimum Gasteiger partial charge on any atom is -0.310 e. The van der Waals surface area contributed by atoms with Crippen molar-refractivity contribution in [3.05, 3.63) is 35.4 Å². The van der Waals surface area contributed by atoms with Gasteiger partial charge in [0.25, 0.3) is 0 Å². The smallest absolute Gasteiger partial charge is 0.0208 e. The predicted molar refractivity (Wildman–Crippen MR) is 91.7 cm³/mol. The number of rotatable bonds is 5. The summed E-state index contributed by atoms with van der Waals surface area (Å²) in [6.07, 6.45) is 3.91. The zero-order valence-electron chi connectivity index (χ0n) is 14.2. The highest BCUT2D eigenvalue weighted by Crippen LogP contribution is 2.16. The van der Waals surface area contributed by atoms with Crippen molar-refractivity contribution in [2.24, 2.45) is 0 Å². The highest BCUT2D eigenvalue weighted by Gasteiger charge is 2.18. The van der Waals surface area contributed by atoms with Crippen LogP contribution in [0.1, 0.15) is 64.0 Å². The fraction of sp³-hybridized carbons (Fsp3) is 0.684. The second-order valence-corrected chi connectivity index (χ2v) is 7.03. The molecule has 0 bridgehead atoms. The van der Waals surface area contributed by atoms with Crippen molar-refractivity contribution in [1.82, 2.24) is 10.2 Å². The maximum absolute atomic E-state index is 3.76. The molecule has 0 aromatic heterocycles. The van der Waals surface area contributed by atoms with E-state index in [9.17, 15) is 0 Å². The van der Waals surface area contributed by atoms with E-state index in [2.05, 4.69) is 62.2 Å². The quantitative estimate of drug-likeness (QED) is 0.875. The zero-order valence-corrected chi connectivity index (χ0v) is 14.2. The second-order valence-electron chi connectivity index (χ2n) is 7.03. The van der Waals surface area contributed by atoms with Crippen LogP contribution in [0.2, 0.25) is 0 Å². The Kier molecular flexibility index (Phi) is 6.25. The van der Waals surface area contributed by atoms with E-state index in [-0.39, 0.29) is 0 Å². The molecule has 0 aliphatic carbocycles. The minimum atomic E-state index is 0.621. The van der Waals surface area contributed by atoms with Crippen LogP contribution < -0.4 is 5.32 Å². The van der Waals surface area contributed by atoms with E-state index in [1.54, 1.807) is 0 Å². The average Bonchev–Trinajstić information content (AvgIpc) is 2.71. The Bertz CT molecular complexity index is 408. The molecule has 1 unspecified atom stereocenters. The molecule has 1 saturated heterocycles. The van der Waals surface area contributed by atoms with Crippen molar-refractivity contribution in [3.8, 4) is 0 Å². The SMILES string of the molecule is CC(C)c1ccc(CNC2CCCN(C(C)C)CC2)cc1.